The highest BCUT2D eigenvalue weighted by Crippen LogP contribution is 2.45. The lowest BCUT2D eigenvalue weighted by Gasteiger charge is -2.46. The van der Waals surface area contributed by atoms with Crippen molar-refractivity contribution in [2.24, 2.45) is 0 Å². The van der Waals surface area contributed by atoms with Gasteiger partial charge in [0.15, 0.2) is 6.23 Å². The fraction of sp³-hybridized carbons (Fsp3) is 0.263. The molecule has 2 aliphatic heterocycles. The first-order valence-corrected chi connectivity index (χ1v) is 9.94. The molecular weight excluding hydrogens is 482 g/mol. The number of rotatable bonds is 4. The Labute approximate surface area is 173 Å². The van der Waals surface area contributed by atoms with E-state index >= 15 is 0 Å². The lowest BCUT2D eigenvalue weighted by Crippen LogP contribution is -2.53. The lowest BCUT2D eigenvalue weighted by molar-refractivity contribution is -0.156. The fourth-order valence-electron chi connectivity index (χ4n) is 3.14. The second kappa shape index (κ2) is 8.00. The number of halogens is 2. The summed E-state index contributed by atoms with van der Waals surface area (Å²) in [6, 6.07) is 7.36. The van der Waals surface area contributed by atoms with Crippen molar-refractivity contribution in [3.05, 3.63) is 70.0 Å². The van der Waals surface area contributed by atoms with Gasteiger partial charge in [0.25, 0.3) is 0 Å². The number of allylic oxidation sites excluding steroid dienone is 2. The highest BCUT2D eigenvalue weighted by Gasteiger charge is 2.52. The Kier molecular flexibility index (Phi) is 5.88. The molecule has 0 saturated carbocycles. The molecule has 3 rings (SSSR count). The van der Waals surface area contributed by atoms with E-state index in [0.717, 1.165) is 4.47 Å². The zero-order valence-electron chi connectivity index (χ0n) is 14.6. The minimum absolute atomic E-state index is 0.0762. The van der Waals surface area contributed by atoms with Crippen molar-refractivity contribution < 1.29 is 23.8 Å². The SMILES string of the molecule is COC(=O)C1=C(C(=O)OC)C(CBr)(c2ccc(Br)cc2)OC2C=CC=CN12. The second-order valence-corrected chi connectivity index (χ2v) is 7.29. The Morgan fingerprint density at radius 3 is 2.41 bits per heavy atom. The summed E-state index contributed by atoms with van der Waals surface area (Å²) in [4.78, 5) is 27.1. The maximum Gasteiger partial charge on any atom is 0.355 e. The lowest BCUT2D eigenvalue weighted by atomic mass is 9.84. The zero-order chi connectivity index (χ0) is 19.6. The summed E-state index contributed by atoms with van der Waals surface area (Å²) >= 11 is 6.89. The number of methoxy groups -OCH3 is 2. The van der Waals surface area contributed by atoms with Crippen molar-refractivity contribution in [2.75, 3.05) is 19.5 Å². The van der Waals surface area contributed by atoms with Crippen molar-refractivity contribution >= 4 is 43.8 Å². The molecule has 6 nitrogen and oxygen atoms in total. The van der Waals surface area contributed by atoms with Crippen LogP contribution in [0, 0.1) is 0 Å². The number of alkyl halides is 1. The van der Waals surface area contributed by atoms with Crippen LogP contribution in [0.5, 0.6) is 0 Å². The molecular formula is C19H17Br2NO5. The van der Waals surface area contributed by atoms with Gasteiger partial charge in [-0.3, -0.25) is 0 Å². The number of carbonyl (C=O) groups excluding carboxylic acids is 2. The third-order valence-electron chi connectivity index (χ3n) is 4.40. The predicted octanol–water partition coefficient (Wildman–Crippen LogP) is 3.38. The van der Waals surface area contributed by atoms with Gasteiger partial charge in [-0.15, -0.1) is 0 Å². The molecule has 0 aromatic heterocycles. The number of nitrogens with zero attached hydrogens (tertiary/aromatic N) is 1. The number of carbonyl (C=O) groups is 2. The minimum Gasteiger partial charge on any atom is -0.466 e. The Morgan fingerprint density at radius 2 is 1.81 bits per heavy atom. The van der Waals surface area contributed by atoms with Gasteiger partial charge < -0.3 is 19.1 Å². The summed E-state index contributed by atoms with van der Waals surface area (Å²) in [6.45, 7) is 0. The van der Waals surface area contributed by atoms with Crippen LogP contribution in [0.3, 0.4) is 0 Å². The van der Waals surface area contributed by atoms with E-state index in [1.54, 1.807) is 23.3 Å². The summed E-state index contributed by atoms with van der Waals surface area (Å²) < 4.78 is 17.2. The van der Waals surface area contributed by atoms with E-state index in [1.165, 1.54) is 14.2 Å². The van der Waals surface area contributed by atoms with Gasteiger partial charge in [-0.05, 0) is 29.8 Å². The molecule has 0 amide bonds. The summed E-state index contributed by atoms with van der Waals surface area (Å²) in [5, 5.41) is 0.231. The maximum atomic E-state index is 12.8. The quantitative estimate of drug-likeness (QED) is 0.468. The molecule has 2 aliphatic rings. The van der Waals surface area contributed by atoms with Gasteiger partial charge in [0, 0.05) is 16.0 Å². The summed E-state index contributed by atoms with van der Waals surface area (Å²) in [6.07, 6.45) is 6.45. The van der Waals surface area contributed by atoms with Crippen molar-refractivity contribution in [3.63, 3.8) is 0 Å². The van der Waals surface area contributed by atoms with E-state index in [4.69, 9.17) is 14.2 Å². The number of esters is 2. The summed E-state index contributed by atoms with van der Waals surface area (Å²) in [5.41, 5.74) is -0.378. The van der Waals surface area contributed by atoms with Crippen molar-refractivity contribution in [3.8, 4) is 0 Å². The van der Waals surface area contributed by atoms with Gasteiger partial charge in [0.05, 0.1) is 14.2 Å². The minimum atomic E-state index is -1.24. The summed E-state index contributed by atoms with van der Waals surface area (Å²) in [5.74, 6) is -1.31. The Hall–Kier alpha value is -1.90. The average molecular weight is 499 g/mol. The standard InChI is InChI=1S/C19H17Br2NO5/c1-25-17(23)15-16(18(24)26-2)22-10-4-3-5-14(22)27-19(15,11-20)12-6-8-13(21)9-7-12/h3-10,14H,11H2,1-2H3. The Bertz CT molecular complexity index is 846. The number of ether oxygens (including phenoxy) is 3. The van der Waals surface area contributed by atoms with E-state index in [9.17, 15) is 9.59 Å². The van der Waals surface area contributed by atoms with Gasteiger partial charge in [0.1, 0.15) is 16.9 Å². The largest absolute Gasteiger partial charge is 0.466 e. The van der Waals surface area contributed by atoms with E-state index in [1.807, 2.05) is 30.3 Å². The van der Waals surface area contributed by atoms with Crippen LogP contribution in [0.1, 0.15) is 5.56 Å². The van der Waals surface area contributed by atoms with Crippen LogP contribution in [0.2, 0.25) is 0 Å². The third kappa shape index (κ3) is 3.37. The molecule has 142 valence electrons. The van der Waals surface area contributed by atoms with Gasteiger partial charge in [-0.2, -0.15) is 0 Å². The fourth-order valence-corrected chi connectivity index (χ4v) is 4.14. The van der Waals surface area contributed by atoms with Crippen molar-refractivity contribution in [1.29, 1.82) is 0 Å². The first kappa shape index (κ1) is 19.9. The first-order chi connectivity index (χ1) is 13.0. The number of hydrogen-bond donors (Lipinski definition) is 0. The monoisotopic (exact) mass is 497 g/mol. The molecule has 0 radical (unpaired) electrons. The van der Waals surface area contributed by atoms with Crippen LogP contribution in [-0.4, -0.2) is 42.6 Å². The third-order valence-corrected chi connectivity index (χ3v) is 5.71. The van der Waals surface area contributed by atoms with Crippen LogP contribution in [0.15, 0.2) is 64.4 Å². The van der Waals surface area contributed by atoms with Gasteiger partial charge in [-0.1, -0.05) is 50.1 Å². The van der Waals surface area contributed by atoms with Crippen LogP contribution >= 0.6 is 31.9 Å². The second-order valence-electron chi connectivity index (χ2n) is 5.82. The molecule has 0 bridgehead atoms. The molecule has 0 aliphatic carbocycles. The predicted molar refractivity (Wildman–Crippen MR) is 106 cm³/mol. The zero-order valence-corrected chi connectivity index (χ0v) is 17.8. The molecule has 8 heteroatoms. The molecule has 27 heavy (non-hydrogen) atoms. The van der Waals surface area contributed by atoms with E-state index < -0.39 is 23.8 Å². The van der Waals surface area contributed by atoms with Crippen LogP contribution < -0.4 is 0 Å². The van der Waals surface area contributed by atoms with Crippen molar-refractivity contribution in [2.45, 2.75) is 11.8 Å². The number of hydrogen-bond acceptors (Lipinski definition) is 6. The number of fused-ring (bicyclic) bond motifs is 1. The molecule has 1 aromatic carbocycles. The number of benzene rings is 1. The van der Waals surface area contributed by atoms with Crippen LogP contribution in [0.4, 0.5) is 0 Å². The normalized spacial score (nSPS) is 23.9. The highest BCUT2D eigenvalue weighted by molar-refractivity contribution is 9.10. The maximum absolute atomic E-state index is 12.8. The Morgan fingerprint density at radius 1 is 1.15 bits per heavy atom. The van der Waals surface area contributed by atoms with E-state index in [2.05, 4.69) is 31.9 Å². The van der Waals surface area contributed by atoms with Gasteiger partial charge >= 0.3 is 11.9 Å². The van der Waals surface area contributed by atoms with Crippen LogP contribution in [-0.2, 0) is 29.4 Å². The molecule has 0 N–H and O–H groups in total. The smallest absolute Gasteiger partial charge is 0.355 e. The average Bonchev–Trinajstić information content (AvgIpc) is 2.71. The molecule has 0 saturated heterocycles. The molecule has 0 spiro atoms. The van der Waals surface area contributed by atoms with E-state index in [0.29, 0.717) is 5.56 Å². The van der Waals surface area contributed by atoms with Crippen molar-refractivity contribution in [1.82, 2.24) is 4.90 Å². The first-order valence-electron chi connectivity index (χ1n) is 8.03. The molecule has 2 heterocycles. The summed E-state index contributed by atoms with van der Waals surface area (Å²) in [7, 11) is 2.54. The Balaban J connectivity index is 2.34. The van der Waals surface area contributed by atoms with Gasteiger partial charge in [-0.25, -0.2) is 9.59 Å². The highest BCUT2D eigenvalue weighted by atomic mass is 79.9. The topological polar surface area (TPSA) is 65.1 Å². The molecule has 0 fully saturated rings. The van der Waals surface area contributed by atoms with E-state index in [-0.39, 0.29) is 16.6 Å². The van der Waals surface area contributed by atoms with Gasteiger partial charge in [0.2, 0.25) is 0 Å². The van der Waals surface area contributed by atoms with Crippen LogP contribution in [0.25, 0.3) is 0 Å². The molecule has 2 unspecified atom stereocenters. The molecule has 2 atom stereocenters. The molecule has 1 aromatic rings.